The van der Waals surface area contributed by atoms with Crippen molar-refractivity contribution in [2.45, 2.75) is 0 Å². The first-order valence-corrected chi connectivity index (χ1v) is 6.20. The second kappa shape index (κ2) is 5.16. The van der Waals surface area contributed by atoms with Gasteiger partial charge in [0.25, 0.3) is 0 Å². The molecule has 21 heavy (non-hydrogen) atoms. The topological polar surface area (TPSA) is 73.1 Å². The van der Waals surface area contributed by atoms with Crippen LogP contribution in [0.5, 0.6) is 17.4 Å². The maximum Gasteiger partial charge on any atom is 0.335 e. The van der Waals surface area contributed by atoms with E-state index in [9.17, 15) is 4.79 Å². The minimum absolute atomic E-state index is 0.139. The molecule has 0 aliphatic rings. The van der Waals surface area contributed by atoms with Crippen molar-refractivity contribution in [2.24, 2.45) is 0 Å². The molecule has 6 nitrogen and oxygen atoms in total. The van der Waals surface area contributed by atoms with Gasteiger partial charge in [-0.1, -0.05) is 6.07 Å². The largest absolute Gasteiger partial charge is 0.493 e. The lowest BCUT2D eigenvalue weighted by Crippen LogP contribution is -1.99. The third-order valence-electron chi connectivity index (χ3n) is 3.02. The molecule has 1 N–H and O–H groups in total. The van der Waals surface area contributed by atoms with Gasteiger partial charge in [-0.3, -0.25) is 4.40 Å². The lowest BCUT2D eigenvalue weighted by Gasteiger charge is -2.12. The molecule has 0 amide bonds. The summed E-state index contributed by atoms with van der Waals surface area (Å²) >= 11 is 0. The van der Waals surface area contributed by atoms with Gasteiger partial charge in [-0.25, -0.2) is 9.78 Å². The summed E-state index contributed by atoms with van der Waals surface area (Å²) in [6.07, 6.45) is 3.45. The summed E-state index contributed by atoms with van der Waals surface area (Å²) in [5.41, 5.74) is 0.897. The molecule has 0 aliphatic carbocycles. The maximum atomic E-state index is 11.0. The summed E-state index contributed by atoms with van der Waals surface area (Å²) in [5.74, 6) is 0.332. The van der Waals surface area contributed by atoms with Crippen LogP contribution >= 0.6 is 0 Å². The molecule has 0 radical (unpaired) electrons. The van der Waals surface area contributed by atoms with E-state index in [4.69, 9.17) is 14.6 Å². The van der Waals surface area contributed by atoms with E-state index in [-0.39, 0.29) is 5.56 Å². The number of ether oxygens (including phenoxy) is 2. The molecule has 106 valence electrons. The maximum absolute atomic E-state index is 11.0. The van der Waals surface area contributed by atoms with Gasteiger partial charge in [-0.05, 0) is 30.3 Å². The van der Waals surface area contributed by atoms with Crippen LogP contribution in [-0.4, -0.2) is 27.6 Å². The minimum Gasteiger partial charge on any atom is -0.493 e. The van der Waals surface area contributed by atoms with Crippen molar-refractivity contribution in [3.05, 3.63) is 54.4 Å². The summed E-state index contributed by atoms with van der Waals surface area (Å²) in [7, 11) is 1.46. The predicted octanol–water partition coefficient (Wildman–Crippen LogP) is 2.83. The van der Waals surface area contributed by atoms with Crippen molar-refractivity contribution in [1.82, 2.24) is 9.38 Å². The van der Waals surface area contributed by atoms with E-state index in [0.29, 0.717) is 17.4 Å². The molecule has 3 rings (SSSR count). The number of carboxylic acids is 1. The van der Waals surface area contributed by atoms with Crippen LogP contribution in [0.3, 0.4) is 0 Å². The fourth-order valence-electron chi connectivity index (χ4n) is 2.00. The van der Waals surface area contributed by atoms with Crippen LogP contribution in [0, 0.1) is 0 Å². The third-order valence-corrected chi connectivity index (χ3v) is 3.02. The van der Waals surface area contributed by atoms with Crippen LogP contribution < -0.4 is 9.47 Å². The summed E-state index contributed by atoms with van der Waals surface area (Å²) in [6.45, 7) is 0. The van der Waals surface area contributed by atoms with Crippen LogP contribution in [0.25, 0.3) is 5.65 Å². The van der Waals surface area contributed by atoms with E-state index in [1.165, 1.54) is 19.2 Å². The van der Waals surface area contributed by atoms with Gasteiger partial charge in [0, 0.05) is 12.4 Å². The number of fused-ring (bicyclic) bond motifs is 1. The van der Waals surface area contributed by atoms with Crippen molar-refractivity contribution in [3.8, 4) is 17.4 Å². The smallest absolute Gasteiger partial charge is 0.335 e. The number of nitrogens with zero attached hydrogens (tertiary/aromatic N) is 2. The Kier molecular flexibility index (Phi) is 3.19. The van der Waals surface area contributed by atoms with Crippen LogP contribution in [0.15, 0.2) is 48.8 Å². The Morgan fingerprint density at radius 1 is 1.24 bits per heavy atom. The zero-order valence-corrected chi connectivity index (χ0v) is 11.2. The van der Waals surface area contributed by atoms with Crippen LogP contribution in [0.2, 0.25) is 0 Å². The van der Waals surface area contributed by atoms with E-state index >= 15 is 0 Å². The molecule has 1 aromatic carbocycles. The number of imidazole rings is 1. The number of hydrogen-bond acceptors (Lipinski definition) is 4. The van der Waals surface area contributed by atoms with Gasteiger partial charge in [-0.2, -0.15) is 0 Å². The van der Waals surface area contributed by atoms with E-state index in [1.54, 1.807) is 28.9 Å². The number of hydrogen-bond donors (Lipinski definition) is 1. The number of benzene rings is 1. The molecule has 3 aromatic rings. The van der Waals surface area contributed by atoms with Crippen molar-refractivity contribution < 1.29 is 19.4 Å². The highest BCUT2D eigenvalue weighted by Crippen LogP contribution is 2.32. The lowest BCUT2D eigenvalue weighted by atomic mass is 10.2. The molecule has 0 bridgehead atoms. The Balaban J connectivity index is 2.01. The van der Waals surface area contributed by atoms with Crippen LogP contribution in [0.4, 0.5) is 0 Å². The normalized spacial score (nSPS) is 10.5. The molecule has 0 saturated carbocycles. The number of pyridine rings is 1. The van der Waals surface area contributed by atoms with Crippen LogP contribution in [0.1, 0.15) is 10.4 Å². The number of carboxylic acid groups (broad SMARTS) is 1. The van der Waals surface area contributed by atoms with E-state index < -0.39 is 5.97 Å². The second-order valence-electron chi connectivity index (χ2n) is 4.29. The standard InChI is InChI=1S/C15H12N2O4/c1-20-12-9-10(15(18)19)5-6-11(12)21-14-4-2-3-13-16-7-8-17(13)14/h2-9H,1H3,(H,18,19). The molecule has 2 aromatic heterocycles. The fourth-order valence-corrected chi connectivity index (χ4v) is 2.00. The number of aromatic nitrogens is 2. The Labute approximate surface area is 120 Å². The minimum atomic E-state index is -1.02. The fraction of sp³-hybridized carbons (Fsp3) is 0.0667. The Hall–Kier alpha value is -3.02. The summed E-state index contributed by atoms with van der Waals surface area (Å²) in [5, 5.41) is 8.99. The van der Waals surface area contributed by atoms with Crippen molar-refractivity contribution in [3.63, 3.8) is 0 Å². The van der Waals surface area contributed by atoms with Gasteiger partial charge in [0.1, 0.15) is 5.65 Å². The monoisotopic (exact) mass is 284 g/mol. The summed E-state index contributed by atoms with van der Waals surface area (Å²) in [4.78, 5) is 15.1. The number of rotatable bonds is 4. The van der Waals surface area contributed by atoms with Gasteiger partial charge in [-0.15, -0.1) is 0 Å². The van der Waals surface area contributed by atoms with E-state index in [2.05, 4.69) is 4.98 Å². The summed E-state index contributed by atoms with van der Waals surface area (Å²) < 4.78 is 12.8. The zero-order chi connectivity index (χ0) is 14.8. The molecule has 6 heteroatoms. The highest BCUT2D eigenvalue weighted by Gasteiger charge is 2.12. The average Bonchev–Trinajstić information content (AvgIpc) is 2.97. The quantitative estimate of drug-likeness (QED) is 0.797. The first kappa shape index (κ1) is 13.0. The van der Waals surface area contributed by atoms with Crippen molar-refractivity contribution >= 4 is 11.6 Å². The van der Waals surface area contributed by atoms with Gasteiger partial charge >= 0.3 is 5.97 Å². The average molecular weight is 284 g/mol. The Morgan fingerprint density at radius 2 is 2.10 bits per heavy atom. The van der Waals surface area contributed by atoms with Crippen molar-refractivity contribution in [1.29, 1.82) is 0 Å². The second-order valence-corrected chi connectivity index (χ2v) is 4.29. The summed E-state index contributed by atoms with van der Waals surface area (Å²) in [6, 6.07) is 9.94. The van der Waals surface area contributed by atoms with Gasteiger partial charge < -0.3 is 14.6 Å². The molecule has 2 heterocycles. The predicted molar refractivity (Wildman–Crippen MR) is 75.2 cm³/mol. The van der Waals surface area contributed by atoms with Crippen LogP contribution in [-0.2, 0) is 0 Å². The lowest BCUT2D eigenvalue weighted by molar-refractivity contribution is 0.0696. The highest BCUT2D eigenvalue weighted by molar-refractivity contribution is 5.88. The third kappa shape index (κ3) is 2.38. The first-order chi connectivity index (χ1) is 10.2. The molecule has 0 spiro atoms. The Bertz CT molecular complexity index is 810. The van der Waals surface area contributed by atoms with Gasteiger partial charge in [0.05, 0.1) is 12.7 Å². The zero-order valence-electron chi connectivity index (χ0n) is 11.2. The number of methoxy groups -OCH3 is 1. The Morgan fingerprint density at radius 3 is 2.86 bits per heavy atom. The van der Waals surface area contributed by atoms with E-state index in [0.717, 1.165) is 5.65 Å². The van der Waals surface area contributed by atoms with Crippen molar-refractivity contribution in [2.75, 3.05) is 7.11 Å². The first-order valence-electron chi connectivity index (χ1n) is 6.20. The van der Waals surface area contributed by atoms with Gasteiger partial charge in [0.15, 0.2) is 11.5 Å². The molecular weight excluding hydrogens is 272 g/mol. The molecule has 0 fully saturated rings. The highest BCUT2D eigenvalue weighted by atomic mass is 16.5. The molecular formula is C15H12N2O4. The number of aromatic carboxylic acids is 1. The van der Waals surface area contributed by atoms with Gasteiger partial charge in [0.2, 0.25) is 5.88 Å². The SMILES string of the molecule is COc1cc(C(=O)O)ccc1Oc1cccc2nccn12. The molecule has 0 saturated heterocycles. The van der Waals surface area contributed by atoms with E-state index in [1.807, 2.05) is 12.1 Å². The molecule has 0 aliphatic heterocycles. The molecule has 0 unspecified atom stereocenters. The molecule has 0 atom stereocenters. The number of carbonyl (C=O) groups is 1.